The van der Waals surface area contributed by atoms with Crippen LogP contribution in [0, 0.1) is 0 Å². The monoisotopic (exact) mass is 404 g/mol. The largest absolute Gasteiger partial charge is 0.495 e. The van der Waals surface area contributed by atoms with Gasteiger partial charge < -0.3 is 20.7 Å². The molecule has 1 heterocycles. The first kappa shape index (κ1) is 20.9. The molecule has 3 rings (SSSR count). The molecule has 30 heavy (non-hydrogen) atoms. The minimum atomic E-state index is -0.403. The number of carbonyl (C=O) groups is 2. The predicted molar refractivity (Wildman–Crippen MR) is 117 cm³/mol. The van der Waals surface area contributed by atoms with Gasteiger partial charge >= 0.3 is 0 Å². The number of amides is 2. The van der Waals surface area contributed by atoms with E-state index in [9.17, 15) is 9.59 Å². The molecule has 7 heteroatoms. The Morgan fingerprint density at radius 3 is 2.47 bits per heavy atom. The zero-order valence-corrected chi connectivity index (χ0v) is 16.9. The van der Waals surface area contributed by atoms with Gasteiger partial charge in [-0.2, -0.15) is 0 Å². The fourth-order valence-electron chi connectivity index (χ4n) is 2.96. The molecule has 2 aromatic carbocycles. The molecule has 0 spiro atoms. The van der Waals surface area contributed by atoms with Crippen molar-refractivity contribution >= 4 is 29.0 Å². The molecule has 3 N–H and O–H groups in total. The summed E-state index contributed by atoms with van der Waals surface area (Å²) in [5.41, 5.74) is 2.79. The van der Waals surface area contributed by atoms with Crippen LogP contribution in [0.15, 0.2) is 66.9 Å². The van der Waals surface area contributed by atoms with E-state index in [1.54, 1.807) is 25.4 Å². The summed E-state index contributed by atoms with van der Waals surface area (Å²) in [6, 6.07) is 18.2. The number of aryl methyl sites for hydroxylation is 1. The van der Waals surface area contributed by atoms with Crippen molar-refractivity contribution in [2.75, 3.05) is 24.3 Å². The lowest BCUT2D eigenvalue weighted by molar-refractivity contribution is -0.115. The van der Waals surface area contributed by atoms with E-state index >= 15 is 0 Å². The summed E-state index contributed by atoms with van der Waals surface area (Å²) >= 11 is 0. The van der Waals surface area contributed by atoms with Crippen LogP contribution in [0.3, 0.4) is 0 Å². The van der Waals surface area contributed by atoms with Gasteiger partial charge in [-0.25, -0.2) is 4.98 Å². The predicted octanol–water partition coefficient (Wildman–Crippen LogP) is 3.76. The molecule has 1 aromatic heterocycles. The van der Waals surface area contributed by atoms with Crippen molar-refractivity contribution in [3.05, 3.63) is 78.0 Å². The quantitative estimate of drug-likeness (QED) is 0.532. The molecule has 0 atom stereocenters. The first-order valence-electron chi connectivity index (χ1n) is 9.63. The van der Waals surface area contributed by atoms with E-state index in [4.69, 9.17) is 4.74 Å². The fourth-order valence-corrected chi connectivity index (χ4v) is 2.96. The topological polar surface area (TPSA) is 92.4 Å². The highest BCUT2D eigenvalue weighted by Gasteiger charge is 2.15. The second kappa shape index (κ2) is 10.1. The molecular weight excluding hydrogens is 380 g/mol. The molecule has 0 aliphatic rings. The van der Waals surface area contributed by atoms with Crippen molar-refractivity contribution in [2.24, 2.45) is 0 Å². The Morgan fingerprint density at radius 1 is 0.967 bits per heavy atom. The summed E-state index contributed by atoms with van der Waals surface area (Å²) < 4.78 is 5.33. The third-order valence-electron chi connectivity index (χ3n) is 4.49. The minimum absolute atomic E-state index is 0.153. The number of aromatic nitrogens is 1. The van der Waals surface area contributed by atoms with Crippen LogP contribution in [0.1, 0.15) is 22.8 Å². The van der Waals surface area contributed by atoms with Crippen molar-refractivity contribution in [1.29, 1.82) is 0 Å². The molecule has 0 saturated carbocycles. The van der Waals surface area contributed by atoms with Gasteiger partial charge in [0.05, 0.1) is 24.9 Å². The molecule has 154 valence electrons. The number of rotatable bonds is 8. The average molecular weight is 404 g/mol. The van der Waals surface area contributed by atoms with Crippen LogP contribution in [-0.2, 0) is 11.2 Å². The Morgan fingerprint density at radius 2 is 1.70 bits per heavy atom. The second-order valence-electron chi connectivity index (χ2n) is 6.47. The lowest BCUT2D eigenvalue weighted by Crippen LogP contribution is -2.33. The van der Waals surface area contributed by atoms with Crippen molar-refractivity contribution in [1.82, 2.24) is 10.3 Å². The molecule has 0 aliphatic carbocycles. The maximum Gasteiger partial charge on any atom is 0.255 e. The Labute approximate surface area is 175 Å². The standard InChI is InChI=1S/C23H24N4O3/c1-3-16-9-4-5-11-18(16)26-21(28)15-25-23(29)17-10-8-14-24-22(17)27-19-12-6-7-13-20(19)30-2/h4-14H,3,15H2,1-2H3,(H,24,27)(H,25,29)(H,26,28). The maximum atomic E-state index is 12.7. The number of ether oxygens (including phenoxy) is 1. The normalized spacial score (nSPS) is 10.2. The van der Waals surface area contributed by atoms with Crippen LogP contribution in [0.25, 0.3) is 0 Å². The van der Waals surface area contributed by atoms with Gasteiger partial charge in [-0.05, 0) is 42.3 Å². The van der Waals surface area contributed by atoms with Crippen LogP contribution in [0.4, 0.5) is 17.2 Å². The highest BCUT2D eigenvalue weighted by atomic mass is 16.5. The highest BCUT2D eigenvalue weighted by Crippen LogP contribution is 2.27. The maximum absolute atomic E-state index is 12.7. The number of hydrogen-bond donors (Lipinski definition) is 3. The third-order valence-corrected chi connectivity index (χ3v) is 4.49. The summed E-state index contributed by atoms with van der Waals surface area (Å²) in [7, 11) is 1.57. The van der Waals surface area contributed by atoms with E-state index in [1.807, 2.05) is 55.5 Å². The number of para-hydroxylation sites is 3. The van der Waals surface area contributed by atoms with Gasteiger partial charge in [0.15, 0.2) is 0 Å². The Balaban J connectivity index is 1.67. The Bertz CT molecular complexity index is 1040. The molecule has 7 nitrogen and oxygen atoms in total. The molecule has 0 saturated heterocycles. The SMILES string of the molecule is CCc1ccccc1NC(=O)CNC(=O)c1cccnc1Nc1ccccc1OC. The highest BCUT2D eigenvalue weighted by molar-refractivity contribution is 6.02. The number of hydrogen-bond acceptors (Lipinski definition) is 5. The first-order valence-corrected chi connectivity index (χ1v) is 9.63. The number of pyridine rings is 1. The van der Waals surface area contributed by atoms with Crippen molar-refractivity contribution in [2.45, 2.75) is 13.3 Å². The van der Waals surface area contributed by atoms with Gasteiger partial charge in [-0.15, -0.1) is 0 Å². The second-order valence-corrected chi connectivity index (χ2v) is 6.47. The summed E-state index contributed by atoms with van der Waals surface area (Å²) in [4.78, 5) is 29.2. The molecule has 0 aliphatic heterocycles. The lowest BCUT2D eigenvalue weighted by atomic mass is 10.1. The number of methoxy groups -OCH3 is 1. The summed E-state index contributed by atoms with van der Waals surface area (Å²) in [6.07, 6.45) is 2.39. The van der Waals surface area contributed by atoms with Crippen LogP contribution in [0.2, 0.25) is 0 Å². The van der Waals surface area contributed by atoms with Crippen LogP contribution >= 0.6 is 0 Å². The van der Waals surface area contributed by atoms with Gasteiger partial charge in [-0.1, -0.05) is 37.3 Å². The van der Waals surface area contributed by atoms with Gasteiger partial charge in [0, 0.05) is 11.9 Å². The van der Waals surface area contributed by atoms with E-state index in [2.05, 4.69) is 20.9 Å². The van der Waals surface area contributed by atoms with Crippen LogP contribution in [0.5, 0.6) is 5.75 Å². The van der Waals surface area contributed by atoms with Gasteiger partial charge in [-0.3, -0.25) is 9.59 Å². The number of nitrogens with one attached hydrogen (secondary N) is 3. The van der Waals surface area contributed by atoms with E-state index in [0.29, 0.717) is 22.8 Å². The number of carbonyl (C=O) groups excluding carboxylic acids is 2. The van der Waals surface area contributed by atoms with Gasteiger partial charge in [0.2, 0.25) is 5.91 Å². The summed E-state index contributed by atoms with van der Waals surface area (Å²) in [5, 5.41) is 8.60. The molecule has 0 fully saturated rings. The number of nitrogens with zero attached hydrogens (tertiary/aromatic N) is 1. The zero-order valence-electron chi connectivity index (χ0n) is 16.9. The van der Waals surface area contributed by atoms with Gasteiger partial charge in [0.25, 0.3) is 5.91 Å². The number of benzene rings is 2. The molecule has 3 aromatic rings. The van der Waals surface area contributed by atoms with Gasteiger partial charge in [0.1, 0.15) is 11.6 Å². The van der Waals surface area contributed by atoms with E-state index < -0.39 is 5.91 Å². The Kier molecular flexibility index (Phi) is 7.00. The average Bonchev–Trinajstić information content (AvgIpc) is 2.78. The number of anilines is 3. The van der Waals surface area contributed by atoms with Crippen LogP contribution in [-0.4, -0.2) is 30.5 Å². The smallest absolute Gasteiger partial charge is 0.255 e. The molecule has 0 bridgehead atoms. The van der Waals surface area contributed by atoms with Crippen molar-refractivity contribution in [3.8, 4) is 5.75 Å². The van der Waals surface area contributed by atoms with Crippen molar-refractivity contribution < 1.29 is 14.3 Å². The summed E-state index contributed by atoms with van der Waals surface area (Å²) in [5.74, 6) is 0.298. The lowest BCUT2D eigenvalue weighted by Gasteiger charge is -2.14. The van der Waals surface area contributed by atoms with Crippen molar-refractivity contribution in [3.63, 3.8) is 0 Å². The molecule has 0 unspecified atom stereocenters. The summed E-state index contributed by atoms with van der Waals surface area (Å²) in [6.45, 7) is 1.87. The zero-order chi connectivity index (χ0) is 21.3. The van der Waals surface area contributed by atoms with E-state index in [1.165, 1.54) is 0 Å². The fraction of sp³-hybridized carbons (Fsp3) is 0.174. The Hall–Kier alpha value is -3.87. The first-order chi connectivity index (χ1) is 14.6. The van der Waals surface area contributed by atoms with E-state index in [-0.39, 0.29) is 12.5 Å². The molecule has 2 amide bonds. The molecule has 0 radical (unpaired) electrons. The molecular formula is C23H24N4O3. The van der Waals surface area contributed by atoms with E-state index in [0.717, 1.165) is 17.7 Å². The van der Waals surface area contributed by atoms with Crippen LogP contribution < -0.4 is 20.7 Å². The minimum Gasteiger partial charge on any atom is -0.495 e. The third kappa shape index (κ3) is 5.14.